The van der Waals surface area contributed by atoms with Crippen molar-refractivity contribution in [3.63, 3.8) is 0 Å². The van der Waals surface area contributed by atoms with E-state index in [0.29, 0.717) is 12.5 Å². The molecule has 4 unspecified atom stereocenters. The molecule has 4 atom stereocenters. The van der Waals surface area contributed by atoms with Gasteiger partial charge in [0.15, 0.2) is 0 Å². The van der Waals surface area contributed by atoms with Gasteiger partial charge >= 0.3 is 0 Å². The lowest BCUT2D eigenvalue weighted by Crippen LogP contribution is -2.37. The number of rotatable bonds is 3. The zero-order chi connectivity index (χ0) is 18.3. The van der Waals surface area contributed by atoms with Crippen molar-refractivity contribution in [3.8, 4) is 0 Å². The summed E-state index contributed by atoms with van der Waals surface area (Å²) in [6, 6.07) is 10.0. The molecule has 26 heavy (non-hydrogen) atoms. The van der Waals surface area contributed by atoms with E-state index in [-0.39, 0.29) is 17.6 Å². The van der Waals surface area contributed by atoms with E-state index in [9.17, 15) is 8.78 Å². The molecule has 0 radical (unpaired) electrons. The molecule has 0 bridgehead atoms. The average molecular weight is 357 g/mol. The molecule has 0 aliphatic carbocycles. The van der Waals surface area contributed by atoms with Crippen molar-refractivity contribution in [2.24, 2.45) is 5.92 Å². The molecule has 0 saturated carbocycles. The molecule has 0 amide bonds. The van der Waals surface area contributed by atoms with Crippen molar-refractivity contribution in [1.82, 2.24) is 0 Å². The van der Waals surface area contributed by atoms with Gasteiger partial charge in [0.2, 0.25) is 0 Å². The van der Waals surface area contributed by atoms with Gasteiger partial charge in [-0.2, -0.15) is 0 Å². The van der Waals surface area contributed by atoms with Crippen LogP contribution in [0.1, 0.15) is 67.9 Å². The predicted molar refractivity (Wildman–Crippen MR) is 99.3 cm³/mol. The van der Waals surface area contributed by atoms with E-state index in [1.807, 2.05) is 6.07 Å². The van der Waals surface area contributed by atoms with E-state index in [1.165, 1.54) is 23.8 Å². The Morgan fingerprint density at radius 2 is 1.96 bits per heavy atom. The Balaban J connectivity index is 1.79. The zero-order valence-electron chi connectivity index (χ0n) is 15.3. The predicted octanol–water partition coefficient (Wildman–Crippen LogP) is 6.11. The van der Waals surface area contributed by atoms with Crippen LogP contribution in [0.5, 0.6) is 0 Å². The Bertz CT molecular complexity index is 786. The molecular formula is C22H25F2NO. The molecule has 4 rings (SSSR count). The highest BCUT2D eigenvalue weighted by molar-refractivity contribution is 5.59. The summed E-state index contributed by atoms with van der Waals surface area (Å²) in [5.41, 5.74) is 3.47. The first-order valence-corrected chi connectivity index (χ1v) is 9.56. The number of halogens is 2. The maximum Gasteiger partial charge on any atom is 0.131 e. The smallest absolute Gasteiger partial charge is 0.131 e. The fourth-order valence-electron chi connectivity index (χ4n) is 4.33. The van der Waals surface area contributed by atoms with E-state index < -0.39 is 17.7 Å². The van der Waals surface area contributed by atoms with Gasteiger partial charge in [-0.05, 0) is 48.9 Å². The van der Waals surface area contributed by atoms with E-state index in [2.05, 4.69) is 31.3 Å². The second kappa shape index (κ2) is 6.99. The van der Waals surface area contributed by atoms with E-state index in [4.69, 9.17) is 4.74 Å². The number of nitrogens with one attached hydrogen (secondary N) is 1. The van der Waals surface area contributed by atoms with Gasteiger partial charge in [-0.25, -0.2) is 8.78 Å². The third-order valence-corrected chi connectivity index (χ3v) is 5.98. The van der Waals surface area contributed by atoms with Crippen molar-refractivity contribution in [2.45, 2.75) is 51.2 Å². The van der Waals surface area contributed by atoms with Gasteiger partial charge in [0.1, 0.15) is 11.6 Å². The van der Waals surface area contributed by atoms with E-state index >= 15 is 0 Å². The Labute approximate surface area is 153 Å². The first-order chi connectivity index (χ1) is 12.6. The Hall–Kier alpha value is -1.94. The van der Waals surface area contributed by atoms with Gasteiger partial charge in [-0.15, -0.1) is 0 Å². The lowest BCUT2D eigenvalue weighted by atomic mass is 9.76. The van der Waals surface area contributed by atoms with Crippen LogP contribution < -0.4 is 5.32 Å². The molecule has 2 heterocycles. The average Bonchev–Trinajstić information content (AvgIpc) is 2.67. The lowest BCUT2D eigenvalue weighted by Gasteiger charge is -2.43. The maximum atomic E-state index is 14.5. The highest BCUT2D eigenvalue weighted by Gasteiger charge is 2.41. The molecule has 1 fully saturated rings. The largest absolute Gasteiger partial charge is 0.377 e. The van der Waals surface area contributed by atoms with Crippen LogP contribution in [0.3, 0.4) is 0 Å². The maximum absolute atomic E-state index is 14.5. The van der Waals surface area contributed by atoms with Crippen LogP contribution in [0.15, 0.2) is 36.4 Å². The van der Waals surface area contributed by atoms with Gasteiger partial charge in [0, 0.05) is 29.3 Å². The van der Waals surface area contributed by atoms with Gasteiger partial charge in [0.05, 0.1) is 12.1 Å². The standard InChI is InChI=1S/C22H25F2NO/c1-3-13(2)14-9-10-19-16(12-14)22-15(6-5-11-26-22)21(25-19)20-17(23)7-4-8-18(20)24/h4,7-10,12-13,15,21-22,25H,3,5-6,11H2,1-2H3. The van der Waals surface area contributed by atoms with Crippen molar-refractivity contribution in [3.05, 3.63) is 64.7 Å². The summed E-state index contributed by atoms with van der Waals surface area (Å²) < 4.78 is 35.1. The minimum absolute atomic E-state index is 0.0230. The highest BCUT2D eigenvalue weighted by atomic mass is 19.1. The molecule has 2 aliphatic heterocycles. The Kier molecular flexibility index (Phi) is 4.70. The Morgan fingerprint density at radius 1 is 1.19 bits per heavy atom. The second-order valence-electron chi connectivity index (χ2n) is 7.51. The van der Waals surface area contributed by atoms with Crippen LogP contribution in [0.25, 0.3) is 0 Å². The summed E-state index contributed by atoms with van der Waals surface area (Å²) in [6.07, 6.45) is 2.76. The Morgan fingerprint density at radius 3 is 2.69 bits per heavy atom. The van der Waals surface area contributed by atoms with Crippen LogP contribution in [0, 0.1) is 17.6 Å². The van der Waals surface area contributed by atoms with Crippen molar-refractivity contribution in [1.29, 1.82) is 0 Å². The number of hydrogen-bond donors (Lipinski definition) is 1. The first kappa shape index (κ1) is 17.5. The summed E-state index contributed by atoms with van der Waals surface area (Å²) in [5.74, 6) is -0.489. The van der Waals surface area contributed by atoms with Gasteiger partial charge < -0.3 is 10.1 Å². The normalized spacial score (nSPS) is 25.8. The molecule has 2 nitrogen and oxygen atoms in total. The fraction of sp³-hybridized carbons (Fsp3) is 0.455. The molecule has 138 valence electrons. The van der Waals surface area contributed by atoms with Crippen LogP contribution >= 0.6 is 0 Å². The van der Waals surface area contributed by atoms with Crippen LogP contribution in [-0.2, 0) is 4.74 Å². The molecule has 4 heteroatoms. The summed E-state index contributed by atoms with van der Waals surface area (Å²) in [6.45, 7) is 5.09. The number of anilines is 1. The first-order valence-electron chi connectivity index (χ1n) is 9.56. The van der Waals surface area contributed by atoms with Crippen LogP contribution in [0.4, 0.5) is 14.5 Å². The summed E-state index contributed by atoms with van der Waals surface area (Å²) in [5, 5.41) is 3.42. The minimum Gasteiger partial charge on any atom is -0.377 e. The molecule has 2 aromatic carbocycles. The SMILES string of the molecule is CCC(C)c1ccc2c(c1)C1OCCCC1C(c1c(F)cccc1F)N2. The van der Waals surface area contributed by atoms with Crippen LogP contribution in [0.2, 0.25) is 0 Å². The molecule has 2 aromatic rings. The molecule has 0 aromatic heterocycles. The summed E-state index contributed by atoms with van der Waals surface area (Å²) >= 11 is 0. The second-order valence-corrected chi connectivity index (χ2v) is 7.51. The third-order valence-electron chi connectivity index (χ3n) is 5.98. The zero-order valence-corrected chi connectivity index (χ0v) is 15.3. The number of benzene rings is 2. The molecule has 2 aliphatic rings. The quantitative estimate of drug-likeness (QED) is 0.715. The monoisotopic (exact) mass is 357 g/mol. The van der Waals surface area contributed by atoms with Gasteiger partial charge in [-0.3, -0.25) is 0 Å². The molecule has 0 spiro atoms. The molecule has 1 saturated heterocycles. The van der Waals surface area contributed by atoms with E-state index in [0.717, 1.165) is 30.5 Å². The number of fused-ring (bicyclic) bond motifs is 3. The lowest BCUT2D eigenvalue weighted by molar-refractivity contribution is -0.0388. The third kappa shape index (κ3) is 2.90. The van der Waals surface area contributed by atoms with Gasteiger partial charge in [0.25, 0.3) is 0 Å². The van der Waals surface area contributed by atoms with Gasteiger partial charge in [-0.1, -0.05) is 32.0 Å². The summed E-state index contributed by atoms with van der Waals surface area (Å²) in [4.78, 5) is 0. The highest BCUT2D eigenvalue weighted by Crippen LogP contribution is 2.50. The topological polar surface area (TPSA) is 21.3 Å². The summed E-state index contributed by atoms with van der Waals surface area (Å²) in [7, 11) is 0. The van der Waals surface area contributed by atoms with E-state index in [1.54, 1.807) is 0 Å². The van der Waals surface area contributed by atoms with Crippen molar-refractivity contribution < 1.29 is 13.5 Å². The number of hydrogen-bond acceptors (Lipinski definition) is 2. The molecular weight excluding hydrogens is 332 g/mol. The number of ether oxygens (including phenoxy) is 1. The fourth-order valence-corrected chi connectivity index (χ4v) is 4.33. The minimum atomic E-state index is -0.494. The van der Waals surface area contributed by atoms with Crippen molar-refractivity contribution >= 4 is 5.69 Å². The van der Waals surface area contributed by atoms with Crippen LogP contribution in [-0.4, -0.2) is 6.61 Å². The van der Waals surface area contributed by atoms with Crippen molar-refractivity contribution in [2.75, 3.05) is 11.9 Å². The molecule has 1 N–H and O–H groups in total.